The van der Waals surface area contributed by atoms with E-state index in [4.69, 9.17) is 14.2 Å². The summed E-state index contributed by atoms with van der Waals surface area (Å²) in [6.07, 6.45) is -0.515. The Bertz CT molecular complexity index is 1020. The number of hydrogen-bond acceptors (Lipinski definition) is 6. The molecule has 0 bridgehead atoms. The number of nitrogens with zero attached hydrogens (tertiary/aromatic N) is 1. The molecule has 1 aliphatic rings. The van der Waals surface area contributed by atoms with Crippen LogP contribution in [0, 0.1) is 5.82 Å². The molecule has 0 saturated carbocycles. The molecule has 31 heavy (non-hydrogen) atoms. The zero-order valence-corrected chi connectivity index (χ0v) is 18.5. The molecule has 9 heteroatoms. The third-order valence-electron chi connectivity index (χ3n) is 5.21. The van der Waals surface area contributed by atoms with Crippen LogP contribution in [0.4, 0.5) is 4.39 Å². The average molecular weight is 452 g/mol. The first-order chi connectivity index (χ1) is 14.7. The monoisotopic (exact) mass is 451 g/mol. The number of carbonyl (C=O) groups excluding carboxylic acids is 1. The summed E-state index contributed by atoms with van der Waals surface area (Å²) in [7, 11) is -0.147. The highest BCUT2D eigenvalue weighted by molar-refractivity contribution is 7.91. The molecule has 0 aromatic heterocycles. The van der Waals surface area contributed by atoms with Gasteiger partial charge >= 0.3 is 0 Å². The fraction of sp³-hybridized carbons (Fsp3) is 0.409. The number of hydrogen-bond donors (Lipinski definition) is 0. The van der Waals surface area contributed by atoms with Crippen LogP contribution in [0.25, 0.3) is 0 Å². The topological polar surface area (TPSA) is 82.1 Å². The second-order valence-corrected chi connectivity index (χ2v) is 9.66. The van der Waals surface area contributed by atoms with E-state index in [0.29, 0.717) is 23.7 Å². The number of methoxy groups -OCH3 is 2. The van der Waals surface area contributed by atoms with Crippen LogP contribution in [0.2, 0.25) is 0 Å². The molecule has 1 heterocycles. The molecule has 1 saturated heterocycles. The van der Waals surface area contributed by atoms with E-state index in [1.807, 2.05) is 0 Å². The van der Waals surface area contributed by atoms with Crippen molar-refractivity contribution in [2.24, 2.45) is 0 Å². The first-order valence-electron chi connectivity index (χ1n) is 9.86. The van der Waals surface area contributed by atoms with Crippen LogP contribution in [0.3, 0.4) is 0 Å². The van der Waals surface area contributed by atoms with E-state index in [0.717, 1.165) is 5.56 Å². The SMILES string of the molecule is COc1ccc(CN(C(=O)C(C)Oc2ccc(F)cc2)C2CCS(=O)(=O)C2)cc1OC. The molecule has 2 aromatic carbocycles. The van der Waals surface area contributed by atoms with Crippen LogP contribution in [0.1, 0.15) is 18.9 Å². The third-order valence-corrected chi connectivity index (χ3v) is 6.96. The van der Waals surface area contributed by atoms with Crippen LogP contribution in [-0.4, -0.2) is 57.1 Å². The summed E-state index contributed by atoms with van der Waals surface area (Å²) in [5.41, 5.74) is 0.768. The van der Waals surface area contributed by atoms with Crippen molar-refractivity contribution in [3.05, 3.63) is 53.8 Å². The summed E-state index contributed by atoms with van der Waals surface area (Å²) in [4.78, 5) is 14.8. The van der Waals surface area contributed by atoms with Crippen molar-refractivity contribution in [3.63, 3.8) is 0 Å². The van der Waals surface area contributed by atoms with Gasteiger partial charge in [-0.3, -0.25) is 4.79 Å². The number of amides is 1. The molecule has 1 fully saturated rings. The predicted molar refractivity (Wildman–Crippen MR) is 114 cm³/mol. The van der Waals surface area contributed by atoms with Crippen LogP contribution in [0.15, 0.2) is 42.5 Å². The summed E-state index contributed by atoms with van der Waals surface area (Å²) >= 11 is 0. The van der Waals surface area contributed by atoms with Gasteiger partial charge in [-0.05, 0) is 55.3 Å². The van der Waals surface area contributed by atoms with E-state index >= 15 is 0 Å². The molecule has 2 aromatic rings. The van der Waals surface area contributed by atoms with E-state index in [-0.39, 0.29) is 24.0 Å². The van der Waals surface area contributed by atoms with Crippen LogP contribution < -0.4 is 14.2 Å². The lowest BCUT2D eigenvalue weighted by Crippen LogP contribution is -2.46. The zero-order chi connectivity index (χ0) is 22.6. The van der Waals surface area contributed by atoms with Crippen molar-refractivity contribution >= 4 is 15.7 Å². The van der Waals surface area contributed by atoms with Crippen molar-refractivity contribution in [2.75, 3.05) is 25.7 Å². The largest absolute Gasteiger partial charge is 0.493 e. The van der Waals surface area contributed by atoms with Crippen molar-refractivity contribution in [2.45, 2.75) is 32.0 Å². The van der Waals surface area contributed by atoms with Crippen LogP contribution >= 0.6 is 0 Å². The summed E-state index contributed by atoms with van der Waals surface area (Å²) in [6.45, 7) is 1.78. The number of halogens is 1. The molecule has 3 rings (SSSR count). The van der Waals surface area contributed by atoms with Gasteiger partial charge in [0.05, 0.1) is 25.7 Å². The molecule has 0 aliphatic carbocycles. The van der Waals surface area contributed by atoms with Gasteiger partial charge in [-0.25, -0.2) is 12.8 Å². The molecular weight excluding hydrogens is 425 g/mol. The lowest BCUT2D eigenvalue weighted by Gasteiger charge is -2.31. The van der Waals surface area contributed by atoms with Gasteiger partial charge in [-0.1, -0.05) is 6.07 Å². The van der Waals surface area contributed by atoms with E-state index < -0.39 is 27.8 Å². The van der Waals surface area contributed by atoms with Crippen molar-refractivity contribution < 1.29 is 31.8 Å². The number of rotatable bonds is 8. The smallest absolute Gasteiger partial charge is 0.263 e. The summed E-state index contributed by atoms with van der Waals surface area (Å²) in [5.74, 6) is 0.629. The van der Waals surface area contributed by atoms with E-state index in [2.05, 4.69) is 0 Å². The fourth-order valence-electron chi connectivity index (χ4n) is 3.59. The molecule has 2 unspecified atom stereocenters. The van der Waals surface area contributed by atoms with Gasteiger partial charge in [-0.2, -0.15) is 0 Å². The minimum Gasteiger partial charge on any atom is -0.493 e. The predicted octanol–water partition coefficient (Wildman–Crippen LogP) is 2.83. The van der Waals surface area contributed by atoms with Gasteiger partial charge in [0.1, 0.15) is 11.6 Å². The first-order valence-corrected chi connectivity index (χ1v) is 11.7. The minimum absolute atomic E-state index is 0.0422. The molecule has 7 nitrogen and oxygen atoms in total. The Morgan fingerprint density at radius 2 is 1.81 bits per heavy atom. The highest BCUT2D eigenvalue weighted by Crippen LogP contribution is 2.29. The molecular formula is C22H26FNO6S. The van der Waals surface area contributed by atoms with Gasteiger partial charge in [0.25, 0.3) is 5.91 Å². The highest BCUT2D eigenvalue weighted by Gasteiger charge is 2.36. The van der Waals surface area contributed by atoms with Gasteiger partial charge in [0, 0.05) is 12.6 Å². The number of benzene rings is 2. The average Bonchev–Trinajstić information content (AvgIpc) is 3.12. The molecule has 0 N–H and O–H groups in total. The van der Waals surface area contributed by atoms with Crippen LogP contribution in [0.5, 0.6) is 17.2 Å². The lowest BCUT2D eigenvalue weighted by molar-refractivity contribution is -0.140. The lowest BCUT2D eigenvalue weighted by atomic mass is 10.1. The standard InChI is InChI=1S/C22H26FNO6S/c1-15(30-19-7-5-17(23)6-8-19)22(25)24(18-10-11-31(26,27)14-18)13-16-4-9-20(28-2)21(12-16)29-3/h4-9,12,15,18H,10-11,13-14H2,1-3H3. The number of sulfone groups is 1. The summed E-state index contributed by atoms with van der Waals surface area (Å²) in [5, 5.41) is 0. The normalized spacial score (nSPS) is 18.3. The minimum atomic E-state index is -3.20. The molecule has 1 amide bonds. The Morgan fingerprint density at radius 3 is 2.39 bits per heavy atom. The molecule has 0 spiro atoms. The Hall–Kier alpha value is -2.81. The number of ether oxygens (including phenoxy) is 3. The Kier molecular flexibility index (Phi) is 7.04. The fourth-order valence-corrected chi connectivity index (χ4v) is 5.32. The highest BCUT2D eigenvalue weighted by atomic mass is 32.2. The van der Waals surface area contributed by atoms with E-state index in [1.165, 1.54) is 38.5 Å². The quantitative estimate of drug-likeness (QED) is 0.614. The second kappa shape index (κ2) is 9.55. The van der Waals surface area contributed by atoms with E-state index in [9.17, 15) is 17.6 Å². The molecule has 168 valence electrons. The van der Waals surface area contributed by atoms with Crippen molar-refractivity contribution in [1.29, 1.82) is 0 Å². The summed E-state index contributed by atoms with van der Waals surface area (Å²) < 4.78 is 53.5. The maximum absolute atomic E-state index is 13.3. The van der Waals surface area contributed by atoms with Gasteiger partial charge in [0.2, 0.25) is 0 Å². The van der Waals surface area contributed by atoms with Crippen LogP contribution in [-0.2, 0) is 21.2 Å². The Balaban J connectivity index is 1.83. The molecule has 2 atom stereocenters. The maximum atomic E-state index is 13.3. The van der Waals surface area contributed by atoms with Gasteiger partial charge in [0.15, 0.2) is 27.4 Å². The van der Waals surface area contributed by atoms with Crippen molar-refractivity contribution in [3.8, 4) is 17.2 Å². The van der Waals surface area contributed by atoms with Gasteiger partial charge < -0.3 is 19.1 Å². The molecule has 0 radical (unpaired) electrons. The zero-order valence-electron chi connectivity index (χ0n) is 17.7. The first kappa shape index (κ1) is 22.9. The molecule has 1 aliphatic heterocycles. The number of carbonyl (C=O) groups is 1. The Labute approximate surface area is 181 Å². The summed E-state index contributed by atoms with van der Waals surface area (Å²) in [6, 6.07) is 10.2. The second-order valence-electron chi connectivity index (χ2n) is 7.43. The Morgan fingerprint density at radius 1 is 1.13 bits per heavy atom. The van der Waals surface area contributed by atoms with E-state index in [1.54, 1.807) is 30.0 Å². The van der Waals surface area contributed by atoms with Crippen molar-refractivity contribution in [1.82, 2.24) is 4.90 Å². The third kappa shape index (κ3) is 5.66. The maximum Gasteiger partial charge on any atom is 0.263 e. The van der Waals surface area contributed by atoms with Gasteiger partial charge in [-0.15, -0.1) is 0 Å².